The van der Waals surface area contributed by atoms with Crippen molar-refractivity contribution in [3.63, 3.8) is 0 Å². The topological polar surface area (TPSA) is 70.6 Å². The van der Waals surface area contributed by atoms with Crippen molar-refractivity contribution in [3.8, 4) is 0 Å². The number of nitrogens with zero attached hydrogens (tertiary/aromatic N) is 1. The molecule has 0 amide bonds. The molecule has 2 aliphatic carbocycles. The number of aliphatic hydroxyl groups is 1. The lowest BCUT2D eigenvalue weighted by Crippen LogP contribution is -2.43. The molecule has 4 nitrogen and oxygen atoms in total. The highest BCUT2D eigenvalue weighted by Gasteiger charge is 2.46. The molecule has 2 unspecified atom stereocenters. The molecule has 1 aromatic carbocycles. The average molecular weight is 369 g/mol. The SMILES string of the molecule is NC(=NCC1(O)CCCC(C(F)(F)F)C1)Nc1cccc2c1CCCC2. The summed E-state index contributed by atoms with van der Waals surface area (Å²) in [4.78, 5) is 4.15. The minimum absolute atomic E-state index is 0.0689. The zero-order valence-electron chi connectivity index (χ0n) is 14.8. The Labute approximate surface area is 151 Å². The number of rotatable bonds is 3. The Kier molecular flexibility index (Phi) is 5.46. The van der Waals surface area contributed by atoms with Gasteiger partial charge in [-0.2, -0.15) is 13.2 Å². The van der Waals surface area contributed by atoms with Crippen LogP contribution in [0.4, 0.5) is 18.9 Å². The first kappa shape index (κ1) is 19.0. The monoisotopic (exact) mass is 369 g/mol. The number of guanidine groups is 1. The van der Waals surface area contributed by atoms with Crippen LogP contribution in [0.15, 0.2) is 23.2 Å². The van der Waals surface area contributed by atoms with Gasteiger partial charge in [0.25, 0.3) is 0 Å². The van der Waals surface area contributed by atoms with Crippen LogP contribution in [0.25, 0.3) is 0 Å². The Hall–Kier alpha value is -1.76. The van der Waals surface area contributed by atoms with Crippen LogP contribution in [0.1, 0.15) is 49.7 Å². The predicted octanol–water partition coefficient (Wildman–Crippen LogP) is 3.78. The van der Waals surface area contributed by atoms with Gasteiger partial charge in [0.2, 0.25) is 0 Å². The Balaban J connectivity index is 1.65. The van der Waals surface area contributed by atoms with Crippen LogP contribution >= 0.6 is 0 Å². The fraction of sp³-hybridized carbons (Fsp3) is 0.632. The standard InChI is InChI=1S/C19H26F3N3O/c20-19(21,22)14-7-4-10-18(26,11-14)12-24-17(23)25-16-9-3-6-13-5-1-2-8-15(13)16/h3,6,9,14,26H,1-2,4-5,7-8,10-12H2,(H3,23,24,25). The van der Waals surface area contributed by atoms with Crippen molar-refractivity contribution in [1.29, 1.82) is 0 Å². The normalized spacial score (nSPS) is 27.1. The number of alkyl halides is 3. The van der Waals surface area contributed by atoms with Crippen LogP contribution in [0.3, 0.4) is 0 Å². The molecule has 0 aliphatic heterocycles. The van der Waals surface area contributed by atoms with E-state index in [4.69, 9.17) is 5.73 Å². The molecule has 1 aromatic rings. The maximum absolute atomic E-state index is 12.9. The number of fused-ring (bicyclic) bond motifs is 1. The highest BCUT2D eigenvalue weighted by Crippen LogP contribution is 2.41. The zero-order chi connectivity index (χ0) is 18.8. The minimum atomic E-state index is -4.27. The Bertz CT molecular complexity index is 674. The summed E-state index contributed by atoms with van der Waals surface area (Å²) in [5.41, 5.74) is 7.92. The van der Waals surface area contributed by atoms with Gasteiger partial charge in [0.1, 0.15) is 0 Å². The van der Waals surface area contributed by atoms with Crippen LogP contribution in [-0.2, 0) is 12.8 Å². The third-order valence-corrected chi connectivity index (χ3v) is 5.49. The largest absolute Gasteiger partial charge is 0.391 e. The molecular weight excluding hydrogens is 343 g/mol. The molecule has 0 aromatic heterocycles. The first-order valence-electron chi connectivity index (χ1n) is 9.24. The van der Waals surface area contributed by atoms with Gasteiger partial charge in [-0.15, -0.1) is 0 Å². The second-order valence-electron chi connectivity index (χ2n) is 7.54. The number of anilines is 1. The molecule has 1 saturated carbocycles. The van der Waals surface area contributed by atoms with Crippen LogP contribution in [-0.4, -0.2) is 29.4 Å². The third kappa shape index (κ3) is 4.50. The lowest BCUT2D eigenvalue weighted by molar-refractivity contribution is -0.199. The van der Waals surface area contributed by atoms with Crippen LogP contribution in [0, 0.1) is 5.92 Å². The van der Waals surface area contributed by atoms with Gasteiger partial charge < -0.3 is 16.2 Å². The van der Waals surface area contributed by atoms with E-state index in [9.17, 15) is 18.3 Å². The van der Waals surface area contributed by atoms with Crippen molar-refractivity contribution in [2.45, 2.75) is 63.1 Å². The molecule has 0 bridgehead atoms. The lowest BCUT2D eigenvalue weighted by atomic mass is 9.78. The van der Waals surface area contributed by atoms with E-state index in [1.807, 2.05) is 12.1 Å². The summed E-state index contributed by atoms with van der Waals surface area (Å²) < 4.78 is 38.8. The molecule has 7 heteroatoms. The van der Waals surface area contributed by atoms with Gasteiger partial charge in [0.15, 0.2) is 5.96 Å². The smallest absolute Gasteiger partial charge is 0.388 e. The first-order chi connectivity index (χ1) is 12.3. The van der Waals surface area contributed by atoms with E-state index in [2.05, 4.69) is 16.4 Å². The lowest BCUT2D eigenvalue weighted by Gasteiger charge is -2.36. The van der Waals surface area contributed by atoms with E-state index >= 15 is 0 Å². The maximum atomic E-state index is 12.9. The van der Waals surface area contributed by atoms with Crippen LogP contribution in [0.2, 0.25) is 0 Å². The summed E-state index contributed by atoms with van der Waals surface area (Å²) in [5, 5.41) is 13.6. The van der Waals surface area contributed by atoms with Gasteiger partial charge in [0.05, 0.1) is 18.1 Å². The highest BCUT2D eigenvalue weighted by molar-refractivity contribution is 5.93. The summed E-state index contributed by atoms with van der Waals surface area (Å²) in [7, 11) is 0. The molecular formula is C19H26F3N3O. The third-order valence-electron chi connectivity index (χ3n) is 5.49. The highest BCUT2D eigenvalue weighted by atomic mass is 19.4. The van der Waals surface area contributed by atoms with Gasteiger partial charge >= 0.3 is 6.18 Å². The maximum Gasteiger partial charge on any atom is 0.391 e. The number of halogens is 3. The molecule has 2 atom stereocenters. The van der Waals surface area contributed by atoms with E-state index in [-0.39, 0.29) is 25.3 Å². The molecule has 3 rings (SSSR count). The Morgan fingerprint density at radius 3 is 2.81 bits per heavy atom. The van der Waals surface area contributed by atoms with E-state index in [1.54, 1.807) is 0 Å². The van der Waals surface area contributed by atoms with Crippen molar-refractivity contribution in [3.05, 3.63) is 29.3 Å². The molecule has 0 radical (unpaired) electrons. The predicted molar refractivity (Wildman–Crippen MR) is 96.2 cm³/mol. The minimum Gasteiger partial charge on any atom is -0.388 e. The summed E-state index contributed by atoms with van der Waals surface area (Å²) in [5.74, 6) is -1.33. The Morgan fingerprint density at radius 2 is 2.04 bits per heavy atom. The number of hydrogen-bond acceptors (Lipinski definition) is 2. The van der Waals surface area contributed by atoms with E-state index < -0.39 is 17.7 Å². The van der Waals surface area contributed by atoms with E-state index in [0.717, 1.165) is 24.9 Å². The second-order valence-corrected chi connectivity index (χ2v) is 7.54. The first-order valence-corrected chi connectivity index (χ1v) is 9.24. The summed E-state index contributed by atoms with van der Waals surface area (Å²) in [6, 6.07) is 6.00. The molecule has 1 fully saturated rings. The molecule has 26 heavy (non-hydrogen) atoms. The van der Waals surface area contributed by atoms with Crippen molar-refractivity contribution >= 4 is 11.6 Å². The number of aryl methyl sites for hydroxylation is 1. The summed E-state index contributed by atoms with van der Waals surface area (Å²) >= 11 is 0. The molecule has 144 valence electrons. The van der Waals surface area contributed by atoms with Crippen molar-refractivity contribution < 1.29 is 18.3 Å². The zero-order valence-corrected chi connectivity index (χ0v) is 14.8. The Morgan fingerprint density at radius 1 is 1.27 bits per heavy atom. The fourth-order valence-electron chi connectivity index (χ4n) is 4.07. The van der Waals surface area contributed by atoms with Gasteiger partial charge in [-0.05, 0) is 68.6 Å². The number of hydrogen-bond donors (Lipinski definition) is 3. The van der Waals surface area contributed by atoms with Crippen LogP contribution in [0.5, 0.6) is 0 Å². The van der Waals surface area contributed by atoms with Gasteiger partial charge in [0, 0.05) is 5.69 Å². The van der Waals surface area contributed by atoms with E-state index in [1.165, 1.54) is 17.5 Å². The van der Waals surface area contributed by atoms with Crippen molar-refractivity contribution in [2.75, 3.05) is 11.9 Å². The van der Waals surface area contributed by atoms with Crippen molar-refractivity contribution in [1.82, 2.24) is 0 Å². The van der Waals surface area contributed by atoms with Crippen molar-refractivity contribution in [2.24, 2.45) is 16.6 Å². The van der Waals surface area contributed by atoms with Gasteiger partial charge in [-0.1, -0.05) is 12.1 Å². The fourth-order valence-corrected chi connectivity index (χ4v) is 4.07. The molecule has 0 saturated heterocycles. The average Bonchev–Trinajstić information content (AvgIpc) is 2.60. The van der Waals surface area contributed by atoms with Gasteiger partial charge in [-0.25, -0.2) is 0 Å². The second kappa shape index (κ2) is 7.47. The number of nitrogens with one attached hydrogen (secondary N) is 1. The quantitative estimate of drug-likeness (QED) is 0.561. The molecule has 0 heterocycles. The van der Waals surface area contributed by atoms with Crippen LogP contribution < -0.4 is 11.1 Å². The summed E-state index contributed by atoms with van der Waals surface area (Å²) in [6.07, 6.45) is 0.462. The van der Waals surface area contributed by atoms with Gasteiger partial charge in [-0.3, -0.25) is 4.99 Å². The summed E-state index contributed by atoms with van der Waals surface area (Å²) in [6.45, 7) is -0.118. The molecule has 0 spiro atoms. The molecule has 2 aliphatic rings. The number of benzene rings is 1. The number of nitrogens with two attached hydrogens (primary N) is 1. The molecule has 4 N–H and O–H groups in total. The number of aliphatic imine (C=N–C) groups is 1. The van der Waals surface area contributed by atoms with E-state index in [0.29, 0.717) is 12.8 Å².